The highest BCUT2D eigenvalue weighted by Crippen LogP contribution is 2.40. The molecule has 2 aromatic carbocycles. The Kier molecular flexibility index (Phi) is 5.38. The predicted octanol–water partition coefficient (Wildman–Crippen LogP) is 7.06. The van der Waals surface area contributed by atoms with Crippen LogP contribution < -0.4 is 0 Å². The summed E-state index contributed by atoms with van der Waals surface area (Å²) in [6.07, 6.45) is 0. The Morgan fingerprint density at radius 1 is 1.00 bits per heavy atom. The summed E-state index contributed by atoms with van der Waals surface area (Å²) in [5, 5.41) is 1.28. The first kappa shape index (κ1) is 16.0. The predicted molar refractivity (Wildman–Crippen MR) is 100 cm³/mol. The lowest BCUT2D eigenvalue weighted by Gasteiger charge is -2.07. The number of halogens is 1. The summed E-state index contributed by atoms with van der Waals surface area (Å²) in [6, 6.07) is 16.7. The first-order chi connectivity index (χ1) is 10.2. The average Bonchev–Trinajstić information content (AvgIpc) is 2.87. The molecule has 0 aliphatic carbocycles. The molecule has 0 N–H and O–H groups in total. The second-order valence-corrected chi connectivity index (χ2v) is 6.60. The molecule has 0 unspecified atom stereocenters. The van der Waals surface area contributed by atoms with E-state index in [2.05, 4.69) is 71.9 Å². The minimum Gasteiger partial charge on any atom is -0.140 e. The second-order valence-electron chi connectivity index (χ2n) is 4.49. The van der Waals surface area contributed by atoms with E-state index in [0.29, 0.717) is 0 Å². The van der Waals surface area contributed by atoms with Crippen molar-refractivity contribution in [2.75, 3.05) is 0 Å². The Labute approximate surface area is 139 Å². The van der Waals surface area contributed by atoms with E-state index in [1.54, 1.807) is 0 Å². The summed E-state index contributed by atoms with van der Waals surface area (Å²) in [6.45, 7) is 10.5. The summed E-state index contributed by atoms with van der Waals surface area (Å²) in [4.78, 5) is 1.32. The third kappa shape index (κ3) is 3.12. The molecule has 2 heteroatoms. The van der Waals surface area contributed by atoms with Crippen LogP contribution in [0.3, 0.4) is 0 Å². The van der Waals surface area contributed by atoms with Gasteiger partial charge in [-0.3, -0.25) is 0 Å². The molecule has 0 aliphatic rings. The fourth-order valence-electron chi connectivity index (χ4n) is 2.37. The van der Waals surface area contributed by atoms with E-state index in [-0.39, 0.29) is 0 Å². The van der Waals surface area contributed by atoms with Gasteiger partial charge in [-0.15, -0.1) is 11.3 Å². The van der Waals surface area contributed by atoms with Crippen LogP contribution in [0.1, 0.15) is 29.9 Å². The molecule has 0 spiro atoms. The molecule has 0 saturated heterocycles. The van der Waals surface area contributed by atoms with Gasteiger partial charge in [0.05, 0.1) is 0 Å². The van der Waals surface area contributed by atoms with Crippen molar-refractivity contribution in [2.24, 2.45) is 0 Å². The molecule has 1 aromatic heterocycles. The van der Waals surface area contributed by atoms with Crippen molar-refractivity contribution in [2.45, 2.75) is 20.8 Å². The maximum absolute atomic E-state index is 4.31. The van der Waals surface area contributed by atoms with Gasteiger partial charge in [0, 0.05) is 25.0 Å². The smallest absolute Gasteiger partial charge is 0.0363 e. The van der Waals surface area contributed by atoms with E-state index in [1.807, 2.05) is 31.3 Å². The number of benzene rings is 2. The maximum atomic E-state index is 4.31. The van der Waals surface area contributed by atoms with Gasteiger partial charge in [-0.05, 0) is 30.2 Å². The van der Waals surface area contributed by atoms with Crippen molar-refractivity contribution in [1.82, 2.24) is 0 Å². The molecule has 0 radical (unpaired) electrons. The van der Waals surface area contributed by atoms with Crippen LogP contribution in [0, 0.1) is 6.92 Å². The standard InChI is InChI=1S/C17H13BrS.C2H6/c1-11(13-7-4-3-5-8-13)16-12(2)19-15-10-6-9-14(18)17(15)16;1-2/h3-10H,1H2,2H3;1-2H3. The topological polar surface area (TPSA) is 0 Å². The summed E-state index contributed by atoms with van der Waals surface area (Å²) >= 11 is 5.49. The van der Waals surface area contributed by atoms with Gasteiger partial charge in [0.25, 0.3) is 0 Å². The van der Waals surface area contributed by atoms with Crippen molar-refractivity contribution >= 4 is 42.9 Å². The van der Waals surface area contributed by atoms with E-state index in [9.17, 15) is 0 Å². The highest BCUT2D eigenvalue weighted by atomic mass is 79.9. The number of fused-ring (bicyclic) bond motifs is 1. The summed E-state index contributed by atoms with van der Waals surface area (Å²) < 4.78 is 2.44. The zero-order valence-electron chi connectivity index (χ0n) is 12.6. The molecule has 0 amide bonds. The average molecular weight is 359 g/mol. The van der Waals surface area contributed by atoms with Crippen molar-refractivity contribution in [1.29, 1.82) is 0 Å². The van der Waals surface area contributed by atoms with Gasteiger partial charge >= 0.3 is 0 Å². The summed E-state index contributed by atoms with van der Waals surface area (Å²) in [5.74, 6) is 0. The monoisotopic (exact) mass is 358 g/mol. The lowest BCUT2D eigenvalue weighted by atomic mass is 9.97. The Balaban J connectivity index is 0.000000774. The van der Waals surface area contributed by atoms with Crippen molar-refractivity contribution in [3.05, 3.63) is 75.6 Å². The number of rotatable bonds is 2. The van der Waals surface area contributed by atoms with Crippen molar-refractivity contribution < 1.29 is 0 Å². The van der Waals surface area contributed by atoms with E-state index in [1.165, 1.54) is 26.1 Å². The number of thiophene rings is 1. The number of hydrogen-bond acceptors (Lipinski definition) is 1. The Morgan fingerprint density at radius 3 is 2.33 bits per heavy atom. The Hall–Kier alpha value is -1.38. The maximum Gasteiger partial charge on any atom is 0.0363 e. The van der Waals surface area contributed by atoms with E-state index >= 15 is 0 Å². The Morgan fingerprint density at radius 2 is 1.67 bits per heavy atom. The van der Waals surface area contributed by atoms with Gasteiger partial charge in [0.2, 0.25) is 0 Å². The van der Waals surface area contributed by atoms with Crippen LogP contribution in [0.15, 0.2) is 59.6 Å². The van der Waals surface area contributed by atoms with Gasteiger partial charge in [0.15, 0.2) is 0 Å². The first-order valence-corrected chi connectivity index (χ1v) is 8.71. The number of hydrogen-bond donors (Lipinski definition) is 0. The molecule has 0 saturated carbocycles. The molecule has 3 rings (SSSR count). The van der Waals surface area contributed by atoms with Crippen LogP contribution in [0.25, 0.3) is 15.7 Å². The SMILES string of the molecule is C=C(c1ccccc1)c1c(C)sc2cccc(Br)c12.CC. The summed E-state index contributed by atoms with van der Waals surface area (Å²) in [5.41, 5.74) is 3.54. The summed E-state index contributed by atoms with van der Waals surface area (Å²) in [7, 11) is 0. The molecule has 0 aliphatic heterocycles. The largest absolute Gasteiger partial charge is 0.140 e. The van der Waals surface area contributed by atoms with Crippen LogP contribution in [0.5, 0.6) is 0 Å². The fraction of sp³-hybridized carbons (Fsp3) is 0.158. The quantitative estimate of drug-likeness (QED) is 0.459. The van der Waals surface area contributed by atoms with Gasteiger partial charge < -0.3 is 0 Å². The van der Waals surface area contributed by atoms with Crippen LogP contribution >= 0.6 is 27.3 Å². The van der Waals surface area contributed by atoms with Gasteiger partial charge in [-0.25, -0.2) is 0 Å². The number of aryl methyl sites for hydroxylation is 1. The van der Waals surface area contributed by atoms with E-state index in [4.69, 9.17) is 0 Å². The van der Waals surface area contributed by atoms with Crippen molar-refractivity contribution in [3.63, 3.8) is 0 Å². The molecular formula is C19H19BrS. The van der Waals surface area contributed by atoms with Gasteiger partial charge in [-0.1, -0.05) is 72.8 Å². The van der Waals surface area contributed by atoms with E-state index < -0.39 is 0 Å². The zero-order valence-corrected chi connectivity index (χ0v) is 15.0. The highest BCUT2D eigenvalue weighted by Gasteiger charge is 2.15. The van der Waals surface area contributed by atoms with Crippen LogP contribution in [-0.2, 0) is 0 Å². The molecule has 21 heavy (non-hydrogen) atoms. The van der Waals surface area contributed by atoms with Gasteiger partial charge in [-0.2, -0.15) is 0 Å². The molecule has 0 fully saturated rings. The van der Waals surface area contributed by atoms with Crippen LogP contribution in [0.2, 0.25) is 0 Å². The molecule has 0 atom stereocenters. The first-order valence-electron chi connectivity index (χ1n) is 7.11. The zero-order chi connectivity index (χ0) is 15.4. The minimum absolute atomic E-state index is 1.09. The fourth-order valence-corrected chi connectivity index (χ4v) is 4.18. The van der Waals surface area contributed by atoms with E-state index in [0.717, 1.165) is 10.0 Å². The third-order valence-corrected chi connectivity index (χ3v) is 5.00. The molecule has 108 valence electrons. The molecule has 1 heterocycles. The molecule has 0 nitrogen and oxygen atoms in total. The van der Waals surface area contributed by atoms with Crippen LogP contribution in [-0.4, -0.2) is 0 Å². The molecule has 3 aromatic rings. The van der Waals surface area contributed by atoms with Gasteiger partial charge in [0.1, 0.15) is 0 Å². The highest BCUT2D eigenvalue weighted by molar-refractivity contribution is 9.10. The lowest BCUT2D eigenvalue weighted by molar-refractivity contribution is 1.50. The minimum atomic E-state index is 1.09. The lowest BCUT2D eigenvalue weighted by Crippen LogP contribution is -1.87. The second kappa shape index (κ2) is 7.06. The van der Waals surface area contributed by atoms with Crippen molar-refractivity contribution in [3.8, 4) is 0 Å². The normalized spacial score (nSPS) is 10.1. The van der Waals surface area contributed by atoms with Crippen LogP contribution in [0.4, 0.5) is 0 Å². The third-order valence-electron chi connectivity index (χ3n) is 3.26. The molecular weight excluding hydrogens is 340 g/mol. The Bertz CT molecular complexity index is 754. The molecule has 0 bridgehead atoms.